The minimum atomic E-state index is -0.139. The van der Waals surface area contributed by atoms with Crippen LogP contribution in [-0.2, 0) is 6.54 Å². The van der Waals surface area contributed by atoms with Gasteiger partial charge in [-0.05, 0) is 42.6 Å². The summed E-state index contributed by atoms with van der Waals surface area (Å²) in [7, 11) is 1.66. The van der Waals surface area contributed by atoms with E-state index in [9.17, 15) is 9.59 Å². The zero-order valence-corrected chi connectivity index (χ0v) is 19.4. The number of para-hydroxylation sites is 1. The molecule has 7 nitrogen and oxygen atoms in total. The number of amides is 2. The average Bonchev–Trinajstić information content (AvgIpc) is 3.58. The summed E-state index contributed by atoms with van der Waals surface area (Å²) in [6.45, 7) is 3.92. The molecule has 0 aliphatic carbocycles. The topological polar surface area (TPSA) is 67.9 Å². The van der Waals surface area contributed by atoms with Crippen LogP contribution in [0.4, 0.5) is 0 Å². The maximum absolute atomic E-state index is 13.6. The van der Waals surface area contributed by atoms with Crippen molar-refractivity contribution in [3.8, 4) is 5.75 Å². The van der Waals surface area contributed by atoms with E-state index in [-0.39, 0.29) is 17.9 Å². The number of piperazine rings is 1. The van der Waals surface area contributed by atoms with Crippen molar-refractivity contribution >= 4 is 33.4 Å². The van der Waals surface area contributed by atoms with Crippen molar-refractivity contribution in [3.63, 3.8) is 0 Å². The van der Waals surface area contributed by atoms with E-state index in [1.54, 1.807) is 35.5 Å². The smallest absolute Gasteiger partial charge is 0.289 e. The van der Waals surface area contributed by atoms with E-state index >= 15 is 0 Å². The Bertz CT molecular complexity index is 1290. The third-order valence-corrected chi connectivity index (χ3v) is 7.10. The third-order valence-electron chi connectivity index (χ3n) is 6.15. The molecule has 1 atom stereocenters. The van der Waals surface area contributed by atoms with Gasteiger partial charge >= 0.3 is 0 Å². The molecule has 0 radical (unpaired) electrons. The van der Waals surface area contributed by atoms with Gasteiger partial charge in [0.05, 0.1) is 19.9 Å². The number of carbonyl (C=O) groups is 2. The third kappa shape index (κ3) is 3.91. The number of rotatable bonds is 5. The fraction of sp³-hybridized carbons (Fsp3) is 0.280. The zero-order chi connectivity index (χ0) is 22.9. The first-order valence-electron chi connectivity index (χ1n) is 10.9. The van der Waals surface area contributed by atoms with E-state index in [0.717, 1.165) is 21.5 Å². The summed E-state index contributed by atoms with van der Waals surface area (Å²) in [6, 6.07) is 15.1. The summed E-state index contributed by atoms with van der Waals surface area (Å²) in [5.41, 5.74) is 1.67. The highest BCUT2D eigenvalue weighted by Gasteiger charge is 2.33. The minimum absolute atomic E-state index is 0.0229. The van der Waals surface area contributed by atoms with Crippen molar-refractivity contribution in [1.82, 2.24) is 14.4 Å². The van der Waals surface area contributed by atoms with Crippen molar-refractivity contribution in [2.24, 2.45) is 0 Å². The Balaban J connectivity index is 1.40. The van der Waals surface area contributed by atoms with Gasteiger partial charge in [0.2, 0.25) is 0 Å². The number of fused-ring (bicyclic) bond motifs is 1. The Morgan fingerprint density at radius 2 is 1.97 bits per heavy atom. The molecule has 1 aromatic carbocycles. The number of hydrogen-bond acceptors (Lipinski definition) is 5. The Labute approximate surface area is 195 Å². The number of aromatic nitrogens is 1. The molecule has 1 aliphatic rings. The van der Waals surface area contributed by atoms with Crippen molar-refractivity contribution in [1.29, 1.82) is 0 Å². The standard InChI is InChI=1S/C25H25N3O4S/c1-17-15-26(10-11-27(17)24(30)22-8-5-12-32-22)23(29)20-14-18-9-13-33-25(18)28(20)16-19-6-3-4-7-21(19)31-2/h3-9,12-14,17H,10-11,15-16H2,1-2H3. The van der Waals surface area contributed by atoms with Crippen LogP contribution in [-0.4, -0.2) is 59.0 Å². The van der Waals surface area contributed by atoms with E-state index < -0.39 is 0 Å². The van der Waals surface area contributed by atoms with Crippen molar-refractivity contribution in [2.75, 3.05) is 26.7 Å². The number of methoxy groups -OCH3 is 1. The second kappa shape index (κ2) is 8.78. The summed E-state index contributed by atoms with van der Waals surface area (Å²) in [5.74, 6) is 0.963. The summed E-state index contributed by atoms with van der Waals surface area (Å²) < 4.78 is 12.9. The molecule has 2 amide bonds. The lowest BCUT2D eigenvalue weighted by molar-refractivity contribution is 0.0391. The van der Waals surface area contributed by atoms with Gasteiger partial charge in [0.15, 0.2) is 5.76 Å². The van der Waals surface area contributed by atoms with Crippen LogP contribution in [0.1, 0.15) is 33.5 Å². The lowest BCUT2D eigenvalue weighted by Crippen LogP contribution is -2.55. The Morgan fingerprint density at radius 3 is 2.73 bits per heavy atom. The molecule has 1 aliphatic heterocycles. The Hall–Kier alpha value is -3.52. The van der Waals surface area contributed by atoms with E-state index in [4.69, 9.17) is 9.15 Å². The molecule has 5 rings (SSSR count). The van der Waals surface area contributed by atoms with Gasteiger partial charge in [0.1, 0.15) is 16.3 Å². The zero-order valence-electron chi connectivity index (χ0n) is 18.6. The highest BCUT2D eigenvalue weighted by atomic mass is 32.1. The molecular formula is C25H25N3O4S. The van der Waals surface area contributed by atoms with Crippen molar-refractivity contribution in [2.45, 2.75) is 19.5 Å². The van der Waals surface area contributed by atoms with Gasteiger partial charge in [-0.15, -0.1) is 11.3 Å². The molecule has 0 bridgehead atoms. The highest BCUT2D eigenvalue weighted by Crippen LogP contribution is 2.29. The van der Waals surface area contributed by atoms with Crippen LogP contribution in [0.2, 0.25) is 0 Å². The van der Waals surface area contributed by atoms with Gasteiger partial charge < -0.3 is 23.5 Å². The molecule has 8 heteroatoms. The van der Waals surface area contributed by atoms with Gasteiger partial charge in [-0.3, -0.25) is 9.59 Å². The predicted octanol–water partition coefficient (Wildman–Crippen LogP) is 4.34. The van der Waals surface area contributed by atoms with E-state index in [1.807, 2.05) is 53.6 Å². The van der Waals surface area contributed by atoms with Gasteiger partial charge in [0, 0.05) is 36.6 Å². The van der Waals surface area contributed by atoms with Crippen molar-refractivity contribution in [3.05, 3.63) is 77.2 Å². The second-order valence-electron chi connectivity index (χ2n) is 8.18. The Morgan fingerprint density at radius 1 is 1.12 bits per heavy atom. The predicted molar refractivity (Wildman–Crippen MR) is 127 cm³/mol. The fourth-order valence-electron chi connectivity index (χ4n) is 4.46. The SMILES string of the molecule is COc1ccccc1Cn1c(C(=O)N2CCN(C(=O)c3ccco3)C(C)C2)cc2ccsc21. The molecule has 170 valence electrons. The maximum atomic E-state index is 13.6. The highest BCUT2D eigenvalue weighted by molar-refractivity contribution is 7.16. The number of hydrogen-bond donors (Lipinski definition) is 0. The average molecular weight is 464 g/mol. The number of nitrogens with zero attached hydrogens (tertiary/aromatic N) is 3. The lowest BCUT2D eigenvalue weighted by Gasteiger charge is -2.39. The molecule has 33 heavy (non-hydrogen) atoms. The summed E-state index contributed by atoms with van der Waals surface area (Å²) in [5, 5.41) is 3.09. The minimum Gasteiger partial charge on any atom is -0.496 e. The number of benzene rings is 1. The molecule has 0 saturated carbocycles. The van der Waals surface area contributed by atoms with Crippen LogP contribution in [0, 0.1) is 0 Å². The number of carbonyl (C=O) groups excluding carboxylic acids is 2. The van der Waals surface area contributed by atoms with E-state index in [2.05, 4.69) is 4.57 Å². The first-order chi connectivity index (χ1) is 16.1. The normalized spacial score (nSPS) is 16.4. The molecule has 4 aromatic rings. The van der Waals surface area contributed by atoms with Gasteiger partial charge in [-0.2, -0.15) is 0 Å². The summed E-state index contributed by atoms with van der Waals surface area (Å²) in [4.78, 5) is 31.0. The molecule has 4 heterocycles. The van der Waals surface area contributed by atoms with Crippen LogP contribution < -0.4 is 4.74 Å². The molecular weight excluding hydrogens is 438 g/mol. The van der Waals surface area contributed by atoms with Gasteiger partial charge in [-0.1, -0.05) is 18.2 Å². The van der Waals surface area contributed by atoms with Crippen LogP contribution in [0.15, 0.2) is 64.6 Å². The number of thiophene rings is 1. The first-order valence-corrected chi connectivity index (χ1v) is 11.8. The monoisotopic (exact) mass is 463 g/mol. The van der Waals surface area contributed by atoms with Gasteiger partial charge in [0.25, 0.3) is 11.8 Å². The molecule has 1 saturated heterocycles. The van der Waals surface area contributed by atoms with Crippen LogP contribution in [0.3, 0.4) is 0 Å². The Kier molecular flexibility index (Phi) is 5.68. The van der Waals surface area contributed by atoms with Crippen LogP contribution in [0.5, 0.6) is 5.75 Å². The maximum Gasteiger partial charge on any atom is 0.289 e. The number of ether oxygens (including phenoxy) is 1. The first kappa shape index (κ1) is 21.3. The van der Waals surface area contributed by atoms with Crippen molar-refractivity contribution < 1.29 is 18.7 Å². The molecule has 3 aromatic heterocycles. The molecule has 0 N–H and O–H groups in total. The van der Waals surface area contributed by atoms with Crippen LogP contribution >= 0.6 is 11.3 Å². The fourth-order valence-corrected chi connectivity index (χ4v) is 5.36. The summed E-state index contributed by atoms with van der Waals surface area (Å²) in [6.07, 6.45) is 1.50. The van der Waals surface area contributed by atoms with Crippen LogP contribution in [0.25, 0.3) is 10.2 Å². The van der Waals surface area contributed by atoms with Gasteiger partial charge in [-0.25, -0.2) is 0 Å². The number of furan rings is 1. The molecule has 0 spiro atoms. The quantitative estimate of drug-likeness (QED) is 0.442. The van der Waals surface area contributed by atoms with E-state index in [0.29, 0.717) is 37.6 Å². The largest absolute Gasteiger partial charge is 0.496 e. The lowest BCUT2D eigenvalue weighted by atomic mass is 10.1. The molecule has 1 fully saturated rings. The summed E-state index contributed by atoms with van der Waals surface area (Å²) >= 11 is 1.62. The molecule has 1 unspecified atom stereocenters. The van der Waals surface area contributed by atoms with E-state index in [1.165, 1.54) is 6.26 Å². The second-order valence-corrected chi connectivity index (χ2v) is 9.08.